The Kier molecular flexibility index (Phi) is 6.39. The molecule has 0 saturated carbocycles. The minimum atomic E-state index is -1.14. The van der Waals surface area contributed by atoms with Gasteiger partial charge in [0.1, 0.15) is 17.3 Å². The largest absolute Gasteiger partial charge is 0.496 e. The van der Waals surface area contributed by atoms with E-state index in [1.54, 1.807) is 19.9 Å². The number of carbonyl (C=O) groups excluding carboxylic acids is 1. The van der Waals surface area contributed by atoms with Gasteiger partial charge in [0.15, 0.2) is 5.60 Å². The number of methoxy groups -OCH3 is 1. The number of ether oxygens (including phenoxy) is 2. The maximum absolute atomic E-state index is 13.0. The molecule has 1 amide bonds. The average molecular weight is 375 g/mol. The lowest BCUT2D eigenvalue weighted by molar-refractivity contribution is -0.134. The first-order valence-electron chi connectivity index (χ1n) is 8.36. The molecule has 27 heavy (non-hydrogen) atoms. The Morgan fingerprint density at radius 1 is 1.15 bits per heavy atom. The molecule has 0 aliphatic heterocycles. The van der Waals surface area contributed by atoms with Gasteiger partial charge in [-0.2, -0.15) is 0 Å². The molecule has 2 rings (SSSR count). The lowest BCUT2D eigenvalue weighted by atomic mass is 10.1. The van der Waals surface area contributed by atoms with E-state index in [1.165, 1.54) is 43.5 Å². The van der Waals surface area contributed by atoms with Gasteiger partial charge in [-0.1, -0.05) is 6.07 Å². The quantitative estimate of drug-likeness (QED) is 0.741. The van der Waals surface area contributed by atoms with Crippen molar-refractivity contribution in [2.24, 2.45) is 0 Å². The second kappa shape index (κ2) is 8.53. The number of nitrogens with one attached hydrogen (secondary N) is 1. The molecule has 0 aliphatic rings. The van der Waals surface area contributed by atoms with E-state index in [1.807, 2.05) is 0 Å². The van der Waals surface area contributed by atoms with Gasteiger partial charge >= 0.3 is 5.97 Å². The second-order valence-electron chi connectivity index (χ2n) is 6.40. The van der Waals surface area contributed by atoms with Crippen LogP contribution < -0.4 is 14.8 Å². The van der Waals surface area contributed by atoms with Crippen molar-refractivity contribution < 1.29 is 28.6 Å². The topological polar surface area (TPSA) is 84.9 Å². The van der Waals surface area contributed by atoms with E-state index in [0.29, 0.717) is 24.5 Å². The summed E-state index contributed by atoms with van der Waals surface area (Å²) in [7, 11) is 1.46. The predicted molar refractivity (Wildman–Crippen MR) is 97.8 cm³/mol. The normalized spacial score (nSPS) is 11.0. The molecular formula is C20H22FNO5. The minimum absolute atomic E-state index is 0.133. The summed E-state index contributed by atoms with van der Waals surface area (Å²) in [5.74, 6) is -0.901. The molecule has 0 radical (unpaired) electrons. The highest BCUT2D eigenvalue weighted by atomic mass is 19.1. The van der Waals surface area contributed by atoms with Crippen LogP contribution in [-0.4, -0.2) is 36.2 Å². The Balaban J connectivity index is 1.94. The highest BCUT2D eigenvalue weighted by Gasteiger charge is 2.29. The Morgan fingerprint density at radius 2 is 1.81 bits per heavy atom. The number of hydrogen-bond donors (Lipinski definition) is 2. The summed E-state index contributed by atoms with van der Waals surface area (Å²) < 4.78 is 23.8. The summed E-state index contributed by atoms with van der Waals surface area (Å²) >= 11 is 0. The monoisotopic (exact) mass is 375 g/mol. The average Bonchev–Trinajstić information content (AvgIpc) is 2.63. The number of rotatable bonds is 8. The number of amides is 1. The summed E-state index contributed by atoms with van der Waals surface area (Å²) in [5.41, 5.74) is -0.233. The zero-order valence-corrected chi connectivity index (χ0v) is 15.4. The van der Waals surface area contributed by atoms with Crippen LogP contribution >= 0.6 is 0 Å². The van der Waals surface area contributed by atoms with Crippen molar-refractivity contribution in [2.45, 2.75) is 25.9 Å². The van der Waals surface area contributed by atoms with Gasteiger partial charge in [0.2, 0.25) is 0 Å². The van der Waals surface area contributed by atoms with Crippen LogP contribution in [0.4, 0.5) is 4.39 Å². The standard InChI is InChI=1S/C20H22FNO5/c1-20(2,27-16-8-6-15(21)7-9-16)19(25)22-11-10-13-4-5-14(18(23)24)12-17(13)26-3/h4-9,12H,10-11H2,1-3H3,(H,22,25)(H,23,24). The molecule has 0 saturated heterocycles. The molecular weight excluding hydrogens is 353 g/mol. The SMILES string of the molecule is COc1cc(C(=O)O)ccc1CCNC(=O)C(C)(C)Oc1ccc(F)cc1. The van der Waals surface area contributed by atoms with Gasteiger partial charge in [0, 0.05) is 6.54 Å². The van der Waals surface area contributed by atoms with E-state index in [4.69, 9.17) is 14.6 Å². The molecule has 2 aromatic rings. The zero-order chi connectivity index (χ0) is 20.0. The van der Waals surface area contributed by atoms with Crippen molar-refractivity contribution in [1.29, 1.82) is 0 Å². The Bertz CT molecular complexity index is 818. The summed E-state index contributed by atoms with van der Waals surface area (Å²) in [5, 5.41) is 11.8. The molecule has 0 unspecified atom stereocenters. The molecule has 0 bridgehead atoms. The molecule has 0 heterocycles. The van der Waals surface area contributed by atoms with Crippen LogP contribution in [0.25, 0.3) is 0 Å². The van der Waals surface area contributed by atoms with Gasteiger partial charge in [0.25, 0.3) is 5.91 Å². The van der Waals surface area contributed by atoms with Crippen molar-refractivity contribution >= 4 is 11.9 Å². The predicted octanol–water partition coefficient (Wildman–Crippen LogP) is 3.05. The van der Waals surface area contributed by atoms with Gasteiger partial charge < -0.3 is 19.9 Å². The third-order valence-electron chi connectivity index (χ3n) is 3.95. The smallest absolute Gasteiger partial charge is 0.335 e. The lowest BCUT2D eigenvalue weighted by Crippen LogP contribution is -2.47. The maximum Gasteiger partial charge on any atom is 0.335 e. The van der Waals surface area contributed by atoms with Gasteiger partial charge in [-0.25, -0.2) is 9.18 Å². The van der Waals surface area contributed by atoms with Crippen LogP contribution in [0.5, 0.6) is 11.5 Å². The number of carboxylic acid groups (broad SMARTS) is 1. The molecule has 0 aromatic heterocycles. The molecule has 0 fully saturated rings. The van der Waals surface area contributed by atoms with E-state index >= 15 is 0 Å². The number of hydrogen-bond acceptors (Lipinski definition) is 4. The summed E-state index contributed by atoms with van der Waals surface area (Å²) in [6.07, 6.45) is 0.460. The maximum atomic E-state index is 13.0. The molecule has 2 N–H and O–H groups in total. The first kappa shape index (κ1) is 20.2. The van der Waals surface area contributed by atoms with Crippen LogP contribution in [0.1, 0.15) is 29.8 Å². The summed E-state index contributed by atoms with van der Waals surface area (Å²) in [6, 6.07) is 10.0. The van der Waals surface area contributed by atoms with Gasteiger partial charge in [-0.05, 0) is 62.2 Å². The van der Waals surface area contributed by atoms with Crippen LogP contribution in [0.15, 0.2) is 42.5 Å². The molecule has 6 nitrogen and oxygen atoms in total. The third-order valence-corrected chi connectivity index (χ3v) is 3.95. The zero-order valence-electron chi connectivity index (χ0n) is 15.4. The Hall–Kier alpha value is -3.09. The first-order chi connectivity index (χ1) is 12.7. The number of benzene rings is 2. The summed E-state index contributed by atoms with van der Waals surface area (Å²) in [4.78, 5) is 23.4. The number of aromatic carboxylic acids is 1. The fourth-order valence-corrected chi connectivity index (χ4v) is 2.45. The number of halogens is 1. The van der Waals surface area contributed by atoms with E-state index in [0.717, 1.165) is 5.56 Å². The lowest BCUT2D eigenvalue weighted by Gasteiger charge is -2.25. The van der Waals surface area contributed by atoms with Crippen molar-refractivity contribution in [3.63, 3.8) is 0 Å². The van der Waals surface area contributed by atoms with Gasteiger partial charge in [-0.3, -0.25) is 4.79 Å². The number of carboxylic acids is 1. The molecule has 0 spiro atoms. The van der Waals surface area contributed by atoms with E-state index in [-0.39, 0.29) is 17.3 Å². The van der Waals surface area contributed by atoms with Crippen LogP contribution in [0, 0.1) is 5.82 Å². The molecule has 0 atom stereocenters. The Morgan fingerprint density at radius 3 is 2.41 bits per heavy atom. The van der Waals surface area contributed by atoms with Crippen molar-refractivity contribution in [2.75, 3.05) is 13.7 Å². The van der Waals surface area contributed by atoms with Crippen molar-refractivity contribution in [3.05, 3.63) is 59.4 Å². The molecule has 2 aromatic carbocycles. The highest BCUT2D eigenvalue weighted by Crippen LogP contribution is 2.21. The fourth-order valence-electron chi connectivity index (χ4n) is 2.45. The van der Waals surface area contributed by atoms with Crippen LogP contribution in [0.3, 0.4) is 0 Å². The summed E-state index contributed by atoms with van der Waals surface area (Å²) in [6.45, 7) is 3.56. The van der Waals surface area contributed by atoms with Gasteiger partial charge in [-0.15, -0.1) is 0 Å². The highest BCUT2D eigenvalue weighted by molar-refractivity contribution is 5.88. The van der Waals surface area contributed by atoms with Crippen LogP contribution in [0.2, 0.25) is 0 Å². The minimum Gasteiger partial charge on any atom is -0.496 e. The molecule has 0 aliphatic carbocycles. The van der Waals surface area contributed by atoms with E-state index in [2.05, 4.69) is 5.32 Å². The molecule has 7 heteroatoms. The fraction of sp³-hybridized carbons (Fsp3) is 0.300. The van der Waals surface area contributed by atoms with Gasteiger partial charge in [0.05, 0.1) is 12.7 Å². The second-order valence-corrected chi connectivity index (χ2v) is 6.40. The van der Waals surface area contributed by atoms with E-state index < -0.39 is 11.6 Å². The Labute approximate surface area is 156 Å². The molecule has 144 valence electrons. The van der Waals surface area contributed by atoms with Crippen molar-refractivity contribution in [1.82, 2.24) is 5.32 Å². The first-order valence-corrected chi connectivity index (χ1v) is 8.36. The van der Waals surface area contributed by atoms with Crippen molar-refractivity contribution in [3.8, 4) is 11.5 Å². The van der Waals surface area contributed by atoms with Crippen LogP contribution in [-0.2, 0) is 11.2 Å². The number of carbonyl (C=O) groups is 2. The third kappa shape index (κ3) is 5.44. The van der Waals surface area contributed by atoms with E-state index in [9.17, 15) is 14.0 Å².